The molecule has 1 amide bonds. The minimum atomic E-state index is -1.07. The Kier molecular flexibility index (Phi) is 2.77. The molecule has 0 aromatic carbocycles. The van der Waals surface area contributed by atoms with Gasteiger partial charge in [0.15, 0.2) is 5.72 Å². The number of hydrogen-bond donors (Lipinski definition) is 1. The molecule has 2 aliphatic rings. The van der Waals surface area contributed by atoms with Crippen LogP contribution in [-0.2, 0) is 9.59 Å². The zero-order valence-electron chi connectivity index (χ0n) is 8.68. The van der Waals surface area contributed by atoms with Crippen molar-refractivity contribution in [1.29, 1.82) is 0 Å². The number of amides is 1. The number of aliphatic hydroxyl groups is 1. The van der Waals surface area contributed by atoms with Gasteiger partial charge in [0.25, 0.3) is 0 Å². The Bertz CT molecular complexity index is 296. The molecule has 0 aromatic heterocycles. The largest absolute Gasteiger partial charge is 0.370 e. The van der Waals surface area contributed by atoms with Gasteiger partial charge in [-0.25, -0.2) is 0 Å². The molecule has 2 saturated heterocycles. The van der Waals surface area contributed by atoms with E-state index in [0.29, 0.717) is 19.3 Å². The van der Waals surface area contributed by atoms with E-state index in [1.807, 2.05) is 6.92 Å². The summed E-state index contributed by atoms with van der Waals surface area (Å²) in [7, 11) is 0. The second-order valence-electron chi connectivity index (χ2n) is 4.01. The minimum absolute atomic E-state index is 0.198. The smallest absolute Gasteiger partial charge is 0.236 e. The average Bonchev–Trinajstić information content (AvgIpc) is 2.67. The van der Waals surface area contributed by atoms with Crippen LogP contribution in [0.3, 0.4) is 0 Å². The highest BCUT2D eigenvalue weighted by molar-refractivity contribution is 8.00. The number of fused-ring (bicyclic) bond motifs is 1. The van der Waals surface area contributed by atoms with Crippen molar-refractivity contribution in [2.75, 3.05) is 12.3 Å². The van der Waals surface area contributed by atoms with Gasteiger partial charge in [-0.05, 0) is 18.6 Å². The van der Waals surface area contributed by atoms with Crippen molar-refractivity contribution in [3.8, 4) is 0 Å². The van der Waals surface area contributed by atoms with Gasteiger partial charge in [-0.1, -0.05) is 6.92 Å². The van der Waals surface area contributed by atoms with E-state index >= 15 is 0 Å². The van der Waals surface area contributed by atoms with Crippen LogP contribution in [0.25, 0.3) is 0 Å². The Morgan fingerprint density at radius 2 is 2.47 bits per heavy atom. The van der Waals surface area contributed by atoms with Crippen LogP contribution in [-0.4, -0.2) is 45.5 Å². The van der Waals surface area contributed by atoms with Crippen LogP contribution >= 0.6 is 11.8 Å². The molecule has 2 aliphatic heterocycles. The molecular weight excluding hydrogens is 214 g/mol. The van der Waals surface area contributed by atoms with Crippen LogP contribution in [0.1, 0.15) is 19.8 Å². The molecule has 84 valence electrons. The van der Waals surface area contributed by atoms with E-state index in [0.717, 1.165) is 12.2 Å². The lowest BCUT2D eigenvalue weighted by Crippen LogP contribution is -2.45. The summed E-state index contributed by atoms with van der Waals surface area (Å²) >= 11 is 1.51. The van der Waals surface area contributed by atoms with Gasteiger partial charge in [0.1, 0.15) is 12.2 Å². The zero-order valence-corrected chi connectivity index (χ0v) is 9.50. The number of carbonyl (C=O) groups is 2. The van der Waals surface area contributed by atoms with Gasteiger partial charge in [-0.2, -0.15) is 11.8 Å². The molecule has 1 N–H and O–H groups in total. The van der Waals surface area contributed by atoms with Crippen molar-refractivity contribution >= 4 is 24.0 Å². The third-order valence-electron chi connectivity index (χ3n) is 3.22. The standard InChI is InChI=1S/C10H15NO3S/c1-2-15-8-7(6-12)9(13)11-5-3-4-10(8,11)14/h6-8,14H,2-5H2,1H3/t7-,8+,10?/m0/s1. The molecule has 5 heteroatoms. The van der Waals surface area contributed by atoms with Crippen molar-refractivity contribution in [2.24, 2.45) is 5.92 Å². The first-order valence-corrected chi connectivity index (χ1v) is 6.30. The van der Waals surface area contributed by atoms with E-state index < -0.39 is 11.6 Å². The van der Waals surface area contributed by atoms with Gasteiger partial charge < -0.3 is 14.8 Å². The van der Waals surface area contributed by atoms with Gasteiger partial charge in [0.2, 0.25) is 5.91 Å². The summed E-state index contributed by atoms with van der Waals surface area (Å²) in [5, 5.41) is 10.1. The van der Waals surface area contributed by atoms with E-state index in [1.54, 1.807) is 0 Å². The number of thioether (sulfide) groups is 1. The Morgan fingerprint density at radius 3 is 3.07 bits per heavy atom. The Hall–Kier alpha value is -0.550. The van der Waals surface area contributed by atoms with Crippen LogP contribution in [0.4, 0.5) is 0 Å². The first kappa shape index (κ1) is 11.0. The van der Waals surface area contributed by atoms with Crippen LogP contribution in [0.15, 0.2) is 0 Å². The molecule has 0 aliphatic carbocycles. The lowest BCUT2D eigenvalue weighted by molar-refractivity contribution is -0.140. The summed E-state index contributed by atoms with van der Waals surface area (Å²) in [5.41, 5.74) is -1.07. The summed E-state index contributed by atoms with van der Waals surface area (Å²) in [6.07, 6.45) is 2.11. The summed E-state index contributed by atoms with van der Waals surface area (Å²) in [5.74, 6) is -0.0467. The summed E-state index contributed by atoms with van der Waals surface area (Å²) in [6, 6.07) is 0. The van der Waals surface area contributed by atoms with Crippen molar-refractivity contribution in [3.63, 3.8) is 0 Å². The molecule has 0 aromatic rings. The highest BCUT2D eigenvalue weighted by Gasteiger charge is 2.59. The predicted molar refractivity (Wildman–Crippen MR) is 57.4 cm³/mol. The third-order valence-corrected chi connectivity index (χ3v) is 4.58. The molecule has 0 radical (unpaired) electrons. The quantitative estimate of drug-likeness (QED) is 0.556. The average molecular weight is 229 g/mol. The first-order chi connectivity index (χ1) is 7.15. The predicted octanol–water partition coefficient (Wildman–Crippen LogP) is 0.248. The van der Waals surface area contributed by atoms with Crippen LogP contribution in [0.2, 0.25) is 0 Å². The van der Waals surface area contributed by atoms with E-state index in [1.165, 1.54) is 16.7 Å². The highest BCUT2D eigenvalue weighted by atomic mass is 32.2. The van der Waals surface area contributed by atoms with Crippen LogP contribution < -0.4 is 0 Å². The fourth-order valence-corrected chi connectivity index (χ4v) is 3.83. The molecule has 2 rings (SSSR count). The number of aldehydes is 1. The monoisotopic (exact) mass is 229 g/mol. The molecule has 3 atom stereocenters. The lowest BCUT2D eigenvalue weighted by Gasteiger charge is -2.30. The minimum Gasteiger partial charge on any atom is -0.370 e. The van der Waals surface area contributed by atoms with E-state index in [9.17, 15) is 14.7 Å². The molecule has 0 saturated carbocycles. The fraction of sp³-hybridized carbons (Fsp3) is 0.800. The van der Waals surface area contributed by atoms with Gasteiger partial charge in [0, 0.05) is 6.54 Å². The maximum atomic E-state index is 11.8. The third kappa shape index (κ3) is 1.40. The number of rotatable bonds is 3. The van der Waals surface area contributed by atoms with Crippen molar-refractivity contribution in [3.05, 3.63) is 0 Å². The van der Waals surface area contributed by atoms with Gasteiger partial charge in [-0.3, -0.25) is 4.79 Å². The van der Waals surface area contributed by atoms with Crippen molar-refractivity contribution < 1.29 is 14.7 Å². The maximum absolute atomic E-state index is 11.8. The van der Waals surface area contributed by atoms with Crippen LogP contribution in [0, 0.1) is 5.92 Å². The van der Waals surface area contributed by atoms with E-state index in [2.05, 4.69) is 0 Å². The number of hydrogen-bond acceptors (Lipinski definition) is 4. The topological polar surface area (TPSA) is 57.6 Å². The van der Waals surface area contributed by atoms with Crippen molar-refractivity contribution in [1.82, 2.24) is 4.90 Å². The van der Waals surface area contributed by atoms with Crippen molar-refractivity contribution in [2.45, 2.75) is 30.7 Å². The van der Waals surface area contributed by atoms with E-state index in [-0.39, 0.29) is 11.2 Å². The molecule has 2 fully saturated rings. The highest BCUT2D eigenvalue weighted by Crippen LogP contribution is 2.45. The van der Waals surface area contributed by atoms with Gasteiger partial charge in [-0.15, -0.1) is 0 Å². The fourth-order valence-electron chi connectivity index (χ4n) is 2.57. The van der Waals surface area contributed by atoms with Crippen LogP contribution in [0.5, 0.6) is 0 Å². The maximum Gasteiger partial charge on any atom is 0.236 e. The number of nitrogens with zero attached hydrogens (tertiary/aromatic N) is 1. The normalized spacial score (nSPS) is 39.6. The summed E-state index contributed by atoms with van der Waals surface area (Å²) < 4.78 is 0. The zero-order chi connectivity index (χ0) is 11.1. The molecule has 4 nitrogen and oxygen atoms in total. The first-order valence-electron chi connectivity index (χ1n) is 5.26. The van der Waals surface area contributed by atoms with Gasteiger partial charge >= 0.3 is 0 Å². The van der Waals surface area contributed by atoms with Gasteiger partial charge in [0.05, 0.1) is 5.25 Å². The molecule has 0 bridgehead atoms. The molecule has 0 spiro atoms. The van der Waals surface area contributed by atoms with E-state index in [4.69, 9.17) is 0 Å². The molecular formula is C10H15NO3S. The number of carbonyl (C=O) groups excluding carboxylic acids is 2. The lowest BCUT2D eigenvalue weighted by atomic mass is 10.0. The Morgan fingerprint density at radius 1 is 1.73 bits per heavy atom. The second kappa shape index (κ2) is 3.79. The second-order valence-corrected chi connectivity index (χ2v) is 5.43. The molecule has 15 heavy (non-hydrogen) atoms. The SMILES string of the molecule is CCS[C@@H]1[C@H](C=O)C(=O)N2CCCC12O. The summed E-state index contributed by atoms with van der Waals surface area (Å²) in [4.78, 5) is 24.2. The molecule has 2 heterocycles. The Labute approximate surface area is 93.0 Å². The molecule has 1 unspecified atom stereocenters. The Balaban J connectivity index is 2.31. The summed E-state index contributed by atoms with van der Waals surface area (Å²) in [6.45, 7) is 2.55.